The zero-order valence-electron chi connectivity index (χ0n) is 42.6. The lowest BCUT2D eigenvalue weighted by atomic mass is 9.42. The first-order valence-electron chi connectivity index (χ1n) is 26.7. The van der Waals surface area contributed by atoms with E-state index in [1.165, 1.54) is 206 Å². The number of unbranched alkanes of at least 4 members (excludes halogenated alkanes) is 15. The molecule has 0 heterocycles. The van der Waals surface area contributed by atoms with E-state index in [1.807, 2.05) is 13.8 Å². The predicted molar refractivity (Wildman–Crippen MR) is 275 cm³/mol. The van der Waals surface area contributed by atoms with Crippen LogP contribution in [0.25, 0.3) is 0 Å². The molecule has 364 valence electrons. The van der Waals surface area contributed by atoms with Gasteiger partial charge in [0.25, 0.3) is 0 Å². The first-order valence-corrected chi connectivity index (χ1v) is 27.6. The van der Waals surface area contributed by atoms with Crippen LogP contribution in [-0.2, 0) is 4.74 Å². The average Bonchev–Trinajstić information content (AvgIpc) is 3.62. The second-order valence-electron chi connectivity index (χ2n) is 19.4. The van der Waals surface area contributed by atoms with Crippen LogP contribution in [0.2, 0.25) is 0 Å². The molecule has 0 aromatic rings. The van der Waals surface area contributed by atoms with E-state index in [-0.39, 0.29) is 5.54 Å². The Labute approximate surface area is 384 Å². The molecule has 7 heteroatoms. The molecule has 7 atom stereocenters. The third-order valence-electron chi connectivity index (χ3n) is 15.3. The molecule has 4 fully saturated rings. The maximum atomic E-state index is 7.57. The molecule has 60 heavy (non-hydrogen) atoms. The van der Waals surface area contributed by atoms with Crippen molar-refractivity contribution < 1.29 is 4.74 Å². The number of hydrogen-bond acceptors (Lipinski definition) is 7. The zero-order chi connectivity index (χ0) is 45.4. The SMILES string of the molecule is CC.CCCCCCCCCCCCCNCCCCC1CCC2C1(C)CCC1C3(C)CCCCC3CCC12N.CCCCCN.CCCCCN.COCCCN.CS. The van der Waals surface area contributed by atoms with Crippen molar-refractivity contribution in [3.05, 3.63) is 0 Å². The van der Waals surface area contributed by atoms with Crippen LogP contribution in [0.1, 0.15) is 248 Å². The van der Waals surface area contributed by atoms with Gasteiger partial charge in [0.1, 0.15) is 0 Å². The Bertz CT molecular complexity index is 851. The van der Waals surface area contributed by atoms with Gasteiger partial charge in [-0.2, -0.15) is 12.6 Å². The largest absolute Gasteiger partial charge is 0.385 e. The molecular formula is C53H115N5OS. The van der Waals surface area contributed by atoms with Crippen LogP contribution in [0.15, 0.2) is 0 Å². The molecule has 0 bridgehead atoms. The van der Waals surface area contributed by atoms with Crippen LogP contribution < -0.4 is 28.3 Å². The van der Waals surface area contributed by atoms with Crippen LogP contribution in [0, 0.1) is 34.5 Å². The van der Waals surface area contributed by atoms with Gasteiger partial charge in [-0.25, -0.2) is 0 Å². The molecule has 0 saturated heterocycles. The van der Waals surface area contributed by atoms with Crippen LogP contribution in [-0.4, -0.2) is 58.2 Å². The molecule has 0 aromatic carbocycles. The third-order valence-corrected chi connectivity index (χ3v) is 15.3. The fourth-order valence-electron chi connectivity index (χ4n) is 11.8. The average molecular weight is 871 g/mol. The second-order valence-corrected chi connectivity index (χ2v) is 19.4. The van der Waals surface area contributed by atoms with E-state index in [4.69, 9.17) is 27.7 Å². The van der Waals surface area contributed by atoms with Gasteiger partial charge in [0, 0.05) is 19.3 Å². The van der Waals surface area contributed by atoms with E-state index < -0.39 is 0 Å². The molecule has 0 aliphatic heterocycles. The number of rotatable bonds is 26. The van der Waals surface area contributed by atoms with Gasteiger partial charge in [0.2, 0.25) is 0 Å². The van der Waals surface area contributed by atoms with Gasteiger partial charge in [0.15, 0.2) is 0 Å². The van der Waals surface area contributed by atoms with Gasteiger partial charge < -0.3 is 33.0 Å². The number of nitrogens with one attached hydrogen (secondary N) is 1. The standard InChI is InChI=1S/C36H68N2.2C5H13N.C4H11NO.C2H6.CH4S/c1-4-5-6-7-8-9-10-11-12-13-17-28-38-29-18-15-20-30-21-22-32-35(30,3)26-24-33-34(2)25-16-14-19-31(34)23-27-36(32,33)37;2*1-2-3-4-5-6;1-6-4-2-3-5;2*1-2/h30-33,38H,4-29,37H2,1-3H3;2*2-6H2,1H3;2-5H2,1H3;1-2H3;2H,1H3. The quantitative estimate of drug-likeness (QED) is 0.0380. The smallest absolute Gasteiger partial charge is 0.0474 e. The Morgan fingerprint density at radius 3 is 1.50 bits per heavy atom. The molecule has 0 spiro atoms. The molecule has 0 aromatic heterocycles. The number of ether oxygens (including phenoxy) is 1. The Hall–Kier alpha value is 0.110. The second kappa shape index (κ2) is 41.8. The summed E-state index contributed by atoms with van der Waals surface area (Å²) >= 11 is 3.53. The Balaban J connectivity index is 0. The lowest BCUT2D eigenvalue weighted by Crippen LogP contribution is -2.67. The van der Waals surface area contributed by atoms with Gasteiger partial charge >= 0.3 is 0 Å². The molecule has 7 unspecified atom stereocenters. The minimum absolute atomic E-state index is 0.139. The molecule has 0 amide bonds. The monoisotopic (exact) mass is 870 g/mol. The summed E-state index contributed by atoms with van der Waals surface area (Å²) in [5, 5.41) is 3.76. The van der Waals surface area contributed by atoms with E-state index in [2.05, 4.69) is 52.6 Å². The van der Waals surface area contributed by atoms with Crippen LogP contribution in [0.5, 0.6) is 0 Å². The normalized spacial score (nSPS) is 27.3. The molecule has 6 nitrogen and oxygen atoms in total. The molecule has 9 N–H and O–H groups in total. The lowest BCUT2D eigenvalue weighted by molar-refractivity contribution is -0.126. The maximum Gasteiger partial charge on any atom is 0.0474 e. The number of hydrogen-bond donors (Lipinski definition) is 6. The first kappa shape index (κ1) is 62.2. The summed E-state index contributed by atoms with van der Waals surface area (Å²) in [6.07, 6.45) is 44.6. The Morgan fingerprint density at radius 1 is 0.533 bits per heavy atom. The van der Waals surface area contributed by atoms with Crippen LogP contribution in [0.3, 0.4) is 0 Å². The molecule has 4 saturated carbocycles. The summed E-state index contributed by atoms with van der Waals surface area (Å²) < 4.78 is 4.70. The summed E-state index contributed by atoms with van der Waals surface area (Å²) in [6.45, 7) is 21.7. The van der Waals surface area contributed by atoms with Gasteiger partial charge in [-0.1, -0.05) is 158 Å². The highest BCUT2D eigenvalue weighted by atomic mass is 32.1. The maximum absolute atomic E-state index is 7.57. The fourth-order valence-corrected chi connectivity index (χ4v) is 11.8. The molecule has 0 radical (unpaired) electrons. The van der Waals surface area contributed by atoms with Crippen molar-refractivity contribution in [2.75, 3.05) is 52.7 Å². The number of nitrogens with two attached hydrogens (primary N) is 4. The topological polar surface area (TPSA) is 125 Å². The van der Waals surface area contributed by atoms with Crippen molar-refractivity contribution in [1.82, 2.24) is 5.32 Å². The van der Waals surface area contributed by atoms with Crippen molar-refractivity contribution in [2.45, 2.75) is 253 Å². The first-order chi connectivity index (χ1) is 29.2. The van der Waals surface area contributed by atoms with E-state index in [1.54, 1.807) is 13.4 Å². The van der Waals surface area contributed by atoms with Gasteiger partial charge in [-0.15, -0.1) is 0 Å². The molecule has 4 aliphatic carbocycles. The minimum Gasteiger partial charge on any atom is -0.385 e. The summed E-state index contributed by atoms with van der Waals surface area (Å²) in [5.41, 5.74) is 24.3. The van der Waals surface area contributed by atoms with Gasteiger partial charge in [-0.05, 0) is 163 Å². The predicted octanol–water partition coefficient (Wildman–Crippen LogP) is 14.0. The summed E-state index contributed by atoms with van der Waals surface area (Å²) in [7, 11) is 1.68. The minimum atomic E-state index is 0.139. The van der Waals surface area contributed by atoms with E-state index in [0.717, 1.165) is 56.3 Å². The molecule has 4 aliphatic rings. The van der Waals surface area contributed by atoms with Crippen LogP contribution >= 0.6 is 12.6 Å². The van der Waals surface area contributed by atoms with Crippen molar-refractivity contribution in [1.29, 1.82) is 0 Å². The Kier molecular flexibility index (Phi) is 43.3. The summed E-state index contributed by atoms with van der Waals surface area (Å²) in [4.78, 5) is 0. The van der Waals surface area contributed by atoms with Gasteiger partial charge in [-0.3, -0.25) is 0 Å². The number of methoxy groups -OCH3 is 1. The summed E-state index contributed by atoms with van der Waals surface area (Å²) in [6, 6.07) is 0. The molecule has 4 rings (SSSR count). The highest BCUT2D eigenvalue weighted by molar-refractivity contribution is 7.79. The van der Waals surface area contributed by atoms with Gasteiger partial charge in [0.05, 0.1) is 0 Å². The number of thiol groups is 1. The van der Waals surface area contributed by atoms with Crippen LogP contribution in [0.4, 0.5) is 0 Å². The van der Waals surface area contributed by atoms with E-state index in [0.29, 0.717) is 10.8 Å². The van der Waals surface area contributed by atoms with Crippen molar-refractivity contribution in [3.63, 3.8) is 0 Å². The third kappa shape index (κ3) is 24.4. The van der Waals surface area contributed by atoms with E-state index in [9.17, 15) is 0 Å². The summed E-state index contributed by atoms with van der Waals surface area (Å²) in [5.74, 6) is 3.48. The zero-order valence-corrected chi connectivity index (χ0v) is 43.5. The highest BCUT2D eigenvalue weighted by Gasteiger charge is 2.64. The van der Waals surface area contributed by atoms with Crippen molar-refractivity contribution in [2.24, 2.45) is 57.4 Å². The Morgan fingerprint density at radius 2 is 1.02 bits per heavy atom. The van der Waals surface area contributed by atoms with Crippen molar-refractivity contribution >= 4 is 12.6 Å². The van der Waals surface area contributed by atoms with Crippen molar-refractivity contribution in [3.8, 4) is 0 Å². The van der Waals surface area contributed by atoms with E-state index >= 15 is 0 Å². The number of fused-ring (bicyclic) bond motifs is 5. The lowest BCUT2D eigenvalue weighted by Gasteiger charge is -2.65. The molecular weight excluding hydrogens is 755 g/mol. The fraction of sp³-hybridized carbons (Fsp3) is 1.00. The highest BCUT2D eigenvalue weighted by Crippen LogP contribution is 2.68.